The first-order valence-electron chi connectivity index (χ1n) is 4.75. The summed E-state index contributed by atoms with van der Waals surface area (Å²) in [4.78, 5) is 11.0. The highest BCUT2D eigenvalue weighted by atomic mass is 16.1. The average molecular weight is 178 g/mol. The van der Waals surface area contributed by atoms with Crippen molar-refractivity contribution in [2.75, 3.05) is 0 Å². The Hall–Kier alpha value is -1.12. The maximum Gasteiger partial charge on any atom is 0.133 e. The molecule has 0 bridgehead atoms. The standard InChI is InChI=1S/C10H14N2O/c1-3-12-6-8(5-11-12)10-4-9(10)7(2)13/h5-6,9-10H,3-4H2,1-2H3. The van der Waals surface area contributed by atoms with Crippen molar-refractivity contribution in [1.29, 1.82) is 0 Å². The first-order chi connectivity index (χ1) is 6.22. The third-order valence-corrected chi connectivity index (χ3v) is 2.72. The van der Waals surface area contributed by atoms with Crippen LogP contribution in [0.5, 0.6) is 0 Å². The third kappa shape index (κ3) is 1.50. The normalized spacial score (nSPS) is 26.0. The van der Waals surface area contributed by atoms with Crippen molar-refractivity contribution < 1.29 is 4.79 Å². The summed E-state index contributed by atoms with van der Waals surface area (Å²) in [6, 6.07) is 0. The largest absolute Gasteiger partial charge is 0.300 e. The molecule has 2 atom stereocenters. The predicted molar refractivity (Wildman–Crippen MR) is 49.4 cm³/mol. The van der Waals surface area contributed by atoms with E-state index in [9.17, 15) is 4.79 Å². The topological polar surface area (TPSA) is 34.9 Å². The van der Waals surface area contributed by atoms with E-state index >= 15 is 0 Å². The van der Waals surface area contributed by atoms with Gasteiger partial charge in [0.25, 0.3) is 0 Å². The summed E-state index contributed by atoms with van der Waals surface area (Å²) in [5.74, 6) is 1.04. The van der Waals surface area contributed by atoms with Gasteiger partial charge in [-0.1, -0.05) is 0 Å². The molecule has 3 heteroatoms. The van der Waals surface area contributed by atoms with E-state index in [1.54, 1.807) is 6.92 Å². The van der Waals surface area contributed by atoms with Crippen LogP contribution in [0.3, 0.4) is 0 Å². The van der Waals surface area contributed by atoms with Gasteiger partial charge in [0.1, 0.15) is 5.78 Å². The van der Waals surface area contributed by atoms with Gasteiger partial charge in [-0.3, -0.25) is 9.48 Å². The van der Waals surface area contributed by atoms with Crippen LogP contribution in [-0.2, 0) is 11.3 Å². The SMILES string of the molecule is CCn1cc(C2CC2C(C)=O)cn1. The lowest BCUT2D eigenvalue weighted by Gasteiger charge is -1.92. The number of hydrogen-bond acceptors (Lipinski definition) is 2. The number of Topliss-reactive ketones (excluding diaryl/α,β-unsaturated/α-hetero) is 1. The Bertz CT molecular complexity index is 329. The molecule has 1 aliphatic carbocycles. The summed E-state index contributed by atoms with van der Waals surface area (Å²) in [5.41, 5.74) is 1.22. The van der Waals surface area contributed by atoms with Crippen LogP contribution in [0.2, 0.25) is 0 Å². The van der Waals surface area contributed by atoms with Gasteiger partial charge in [0, 0.05) is 18.7 Å². The number of ketones is 1. The van der Waals surface area contributed by atoms with E-state index in [1.165, 1.54) is 5.56 Å². The Kier molecular flexibility index (Phi) is 1.94. The summed E-state index contributed by atoms with van der Waals surface area (Å²) in [7, 11) is 0. The number of nitrogens with zero attached hydrogens (tertiary/aromatic N) is 2. The maximum absolute atomic E-state index is 11.0. The Morgan fingerprint density at radius 2 is 2.54 bits per heavy atom. The van der Waals surface area contributed by atoms with Gasteiger partial charge in [-0.2, -0.15) is 5.10 Å². The molecule has 0 saturated heterocycles. The molecule has 0 spiro atoms. The van der Waals surface area contributed by atoms with Gasteiger partial charge in [0.05, 0.1) is 6.20 Å². The van der Waals surface area contributed by atoms with E-state index in [0.717, 1.165) is 13.0 Å². The van der Waals surface area contributed by atoms with Gasteiger partial charge in [-0.05, 0) is 31.7 Å². The first kappa shape index (κ1) is 8.48. The fourth-order valence-corrected chi connectivity index (χ4v) is 1.76. The molecule has 1 heterocycles. The lowest BCUT2D eigenvalue weighted by molar-refractivity contribution is -0.118. The Morgan fingerprint density at radius 1 is 1.77 bits per heavy atom. The fraction of sp³-hybridized carbons (Fsp3) is 0.600. The fourth-order valence-electron chi connectivity index (χ4n) is 1.76. The van der Waals surface area contributed by atoms with Crippen LogP contribution in [0.1, 0.15) is 31.7 Å². The van der Waals surface area contributed by atoms with E-state index in [4.69, 9.17) is 0 Å². The Labute approximate surface area is 77.7 Å². The second kappa shape index (κ2) is 2.98. The van der Waals surface area contributed by atoms with Crippen LogP contribution in [0.25, 0.3) is 0 Å². The smallest absolute Gasteiger partial charge is 0.133 e. The first-order valence-corrected chi connectivity index (χ1v) is 4.75. The van der Waals surface area contributed by atoms with Crippen molar-refractivity contribution in [3.63, 3.8) is 0 Å². The minimum absolute atomic E-state index is 0.273. The molecule has 3 nitrogen and oxygen atoms in total. The number of carbonyl (C=O) groups is 1. The summed E-state index contributed by atoms with van der Waals surface area (Å²) in [5, 5.41) is 4.20. The molecular formula is C10H14N2O. The summed E-state index contributed by atoms with van der Waals surface area (Å²) in [6.07, 6.45) is 4.95. The van der Waals surface area contributed by atoms with Crippen LogP contribution in [0, 0.1) is 5.92 Å². The van der Waals surface area contributed by atoms with Gasteiger partial charge >= 0.3 is 0 Å². The zero-order valence-corrected chi connectivity index (χ0v) is 8.03. The molecule has 1 aromatic rings. The highest BCUT2D eigenvalue weighted by molar-refractivity contribution is 5.82. The Morgan fingerprint density at radius 3 is 3.00 bits per heavy atom. The molecule has 1 fully saturated rings. The zero-order valence-electron chi connectivity index (χ0n) is 8.03. The van der Waals surface area contributed by atoms with E-state index in [0.29, 0.717) is 11.7 Å². The summed E-state index contributed by atoms with van der Waals surface area (Å²) in [6.45, 7) is 4.64. The molecule has 1 saturated carbocycles. The average Bonchev–Trinajstić information content (AvgIpc) is 2.78. The minimum Gasteiger partial charge on any atom is -0.300 e. The molecule has 1 aliphatic rings. The zero-order chi connectivity index (χ0) is 9.42. The summed E-state index contributed by atoms with van der Waals surface area (Å²) >= 11 is 0. The van der Waals surface area contributed by atoms with Crippen molar-refractivity contribution in [2.45, 2.75) is 32.7 Å². The lowest BCUT2D eigenvalue weighted by Crippen LogP contribution is -1.94. The molecular weight excluding hydrogens is 164 g/mol. The van der Waals surface area contributed by atoms with E-state index in [-0.39, 0.29) is 5.92 Å². The summed E-state index contributed by atoms with van der Waals surface area (Å²) < 4.78 is 1.91. The second-order valence-electron chi connectivity index (χ2n) is 3.69. The van der Waals surface area contributed by atoms with Gasteiger partial charge in [-0.25, -0.2) is 0 Å². The molecule has 0 amide bonds. The van der Waals surface area contributed by atoms with Crippen LogP contribution in [-0.4, -0.2) is 15.6 Å². The van der Waals surface area contributed by atoms with Crippen LogP contribution >= 0.6 is 0 Å². The molecule has 70 valence electrons. The third-order valence-electron chi connectivity index (χ3n) is 2.72. The number of hydrogen-bond donors (Lipinski definition) is 0. The van der Waals surface area contributed by atoms with Gasteiger partial charge in [0.2, 0.25) is 0 Å². The molecule has 0 aliphatic heterocycles. The highest BCUT2D eigenvalue weighted by Gasteiger charge is 2.42. The van der Waals surface area contributed by atoms with E-state index in [2.05, 4.69) is 12.0 Å². The molecule has 13 heavy (non-hydrogen) atoms. The quantitative estimate of drug-likeness (QED) is 0.704. The molecule has 0 N–H and O–H groups in total. The second-order valence-corrected chi connectivity index (χ2v) is 3.69. The van der Waals surface area contributed by atoms with Crippen LogP contribution in [0.15, 0.2) is 12.4 Å². The van der Waals surface area contributed by atoms with E-state index < -0.39 is 0 Å². The van der Waals surface area contributed by atoms with Crippen molar-refractivity contribution >= 4 is 5.78 Å². The molecule has 1 aromatic heterocycles. The van der Waals surface area contributed by atoms with Gasteiger partial charge in [0.15, 0.2) is 0 Å². The van der Waals surface area contributed by atoms with Crippen LogP contribution < -0.4 is 0 Å². The van der Waals surface area contributed by atoms with Crippen molar-refractivity contribution in [2.24, 2.45) is 5.92 Å². The number of aryl methyl sites for hydroxylation is 1. The number of carbonyl (C=O) groups excluding carboxylic acids is 1. The predicted octanol–water partition coefficient (Wildman–Crippen LogP) is 1.60. The van der Waals surface area contributed by atoms with Gasteiger partial charge < -0.3 is 0 Å². The molecule has 2 rings (SSSR count). The van der Waals surface area contributed by atoms with Crippen molar-refractivity contribution in [1.82, 2.24) is 9.78 Å². The number of aromatic nitrogens is 2. The van der Waals surface area contributed by atoms with Crippen molar-refractivity contribution in [3.8, 4) is 0 Å². The highest BCUT2D eigenvalue weighted by Crippen LogP contribution is 2.47. The molecule has 0 radical (unpaired) electrons. The minimum atomic E-state index is 0.273. The Balaban J connectivity index is 2.07. The number of rotatable bonds is 3. The molecule has 2 unspecified atom stereocenters. The van der Waals surface area contributed by atoms with E-state index in [1.807, 2.05) is 17.1 Å². The molecule has 0 aromatic carbocycles. The van der Waals surface area contributed by atoms with Crippen LogP contribution in [0.4, 0.5) is 0 Å². The monoisotopic (exact) mass is 178 g/mol. The maximum atomic E-state index is 11.0. The van der Waals surface area contributed by atoms with Gasteiger partial charge in [-0.15, -0.1) is 0 Å². The van der Waals surface area contributed by atoms with Crippen molar-refractivity contribution in [3.05, 3.63) is 18.0 Å². The lowest BCUT2D eigenvalue weighted by atomic mass is 10.1.